The molecule has 0 aromatic carbocycles. The minimum atomic E-state index is 0.246. The fraction of sp³-hybridized carbons (Fsp3) is 1.00. The van der Waals surface area contributed by atoms with E-state index in [0.717, 1.165) is 17.8 Å². The highest BCUT2D eigenvalue weighted by Gasteiger charge is 2.28. The molecule has 0 spiro atoms. The second-order valence-electron chi connectivity index (χ2n) is 6.37. The molecule has 0 saturated carbocycles. The fourth-order valence-corrected chi connectivity index (χ4v) is 3.52. The third kappa shape index (κ3) is 5.19. The summed E-state index contributed by atoms with van der Waals surface area (Å²) < 4.78 is 0. The number of thioether (sulfide) groups is 1. The molecule has 3 unspecified atom stereocenters. The smallest absolute Gasteiger partial charge is 0.0186 e. The van der Waals surface area contributed by atoms with Gasteiger partial charge in [0.2, 0.25) is 0 Å². The lowest BCUT2D eigenvalue weighted by molar-refractivity contribution is 0.148. The summed E-state index contributed by atoms with van der Waals surface area (Å²) in [4.78, 5) is 2.69. The van der Waals surface area contributed by atoms with Crippen LogP contribution in [0.4, 0.5) is 0 Å². The summed E-state index contributed by atoms with van der Waals surface area (Å²) in [7, 11) is 0. The summed E-state index contributed by atoms with van der Waals surface area (Å²) in [6.45, 7) is 16.2. The van der Waals surface area contributed by atoms with Crippen LogP contribution < -0.4 is 5.32 Å². The molecule has 0 bridgehead atoms. The third-order valence-electron chi connectivity index (χ3n) is 3.72. The quantitative estimate of drug-likeness (QED) is 0.834. The lowest BCUT2D eigenvalue weighted by Crippen LogP contribution is -2.50. The summed E-state index contributed by atoms with van der Waals surface area (Å²) >= 11 is 2.12. The molecule has 3 atom stereocenters. The molecule has 1 N–H and O–H groups in total. The average Bonchev–Trinajstić information content (AvgIpc) is 2.20. The third-order valence-corrected chi connectivity index (χ3v) is 5.05. The highest BCUT2D eigenvalue weighted by atomic mass is 32.2. The summed E-state index contributed by atoms with van der Waals surface area (Å²) in [5.74, 6) is 1.29. The summed E-state index contributed by atoms with van der Waals surface area (Å²) in [6, 6.07) is 1.42. The monoisotopic (exact) mass is 258 g/mol. The first-order chi connectivity index (χ1) is 7.81. The van der Waals surface area contributed by atoms with Crippen LogP contribution in [0.25, 0.3) is 0 Å². The maximum Gasteiger partial charge on any atom is 0.0186 e. The van der Waals surface area contributed by atoms with Crippen LogP contribution in [0.1, 0.15) is 48.0 Å². The molecular weight excluding hydrogens is 228 g/mol. The molecule has 1 saturated heterocycles. The molecule has 0 aromatic heterocycles. The van der Waals surface area contributed by atoms with E-state index >= 15 is 0 Å². The predicted octanol–water partition coefficient (Wildman–Crippen LogP) is 2.98. The Balaban J connectivity index is 2.34. The Morgan fingerprint density at radius 2 is 2.00 bits per heavy atom. The minimum Gasteiger partial charge on any atom is -0.312 e. The molecule has 0 radical (unpaired) electrons. The standard InChI is InChI=1S/C14H30N2S/c1-11(7-8-15-14(4,5)6)16-9-10-17-13(3)12(16)2/h11-13,15H,7-10H2,1-6H3. The Kier molecular flexibility index (Phi) is 5.81. The van der Waals surface area contributed by atoms with Crippen molar-refractivity contribution >= 4 is 11.8 Å². The van der Waals surface area contributed by atoms with Gasteiger partial charge in [0.05, 0.1) is 0 Å². The molecule has 2 nitrogen and oxygen atoms in total. The molecule has 1 heterocycles. The Morgan fingerprint density at radius 3 is 2.59 bits per heavy atom. The summed E-state index contributed by atoms with van der Waals surface area (Å²) in [6.07, 6.45) is 1.25. The van der Waals surface area contributed by atoms with Gasteiger partial charge in [0.15, 0.2) is 0 Å². The van der Waals surface area contributed by atoms with Crippen molar-refractivity contribution in [3.63, 3.8) is 0 Å². The molecule has 1 aliphatic heterocycles. The zero-order valence-electron chi connectivity index (χ0n) is 12.4. The Hall–Kier alpha value is 0.270. The van der Waals surface area contributed by atoms with Crippen molar-refractivity contribution < 1.29 is 0 Å². The Morgan fingerprint density at radius 1 is 1.35 bits per heavy atom. The van der Waals surface area contributed by atoms with Gasteiger partial charge in [-0.1, -0.05) is 6.92 Å². The topological polar surface area (TPSA) is 15.3 Å². The Labute approximate surface area is 112 Å². The first-order valence-corrected chi connectivity index (χ1v) is 7.98. The number of hydrogen-bond donors (Lipinski definition) is 1. The van der Waals surface area contributed by atoms with E-state index in [-0.39, 0.29) is 5.54 Å². The van der Waals surface area contributed by atoms with E-state index in [2.05, 4.69) is 63.5 Å². The van der Waals surface area contributed by atoms with Crippen LogP contribution in [0, 0.1) is 0 Å². The van der Waals surface area contributed by atoms with Crippen LogP contribution in [-0.4, -0.2) is 46.6 Å². The molecule has 0 amide bonds. The van der Waals surface area contributed by atoms with Crippen LogP contribution in [0.5, 0.6) is 0 Å². The van der Waals surface area contributed by atoms with Gasteiger partial charge < -0.3 is 5.32 Å². The van der Waals surface area contributed by atoms with Crippen molar-refractivity contribution in [3.05, 3.63) is 0 Å². The largest absolute Gasteiger partial charge is 0.312 e. The lowest BCUT2D eigenvalue weighted by atomic mass is 10.1. The van der Waals surface area contributed by atoms with E-state index in [9.17, 15) is 0 Å². The molecule has 0 aliphatic carbocycles. The van der Waals surface area contributed by atoms with Crippen LogP contribution >= 0.6 is 11.8 Å². The van der Waals surface area contributed by atoms with Crippen LogP contribution in [-0.2, 0) is 0 Å². The average molecular weight is 258 g/mol. The van der Waals surface area contributed by atoms with Crippen LogP contribution in [0.15, 0.2) is 0 Å². The molecule has 102 valence electrons. The summed E-state index contributed by atoms with van der Waals surface area (Å²) in [5.41, 5.74) is 0.246. The van der Waals surface area contributed by atoms with E-state index in [1.54, 1.807) is 0 Å². The lowest BCUT2D eigenvalue weighted by Gasteiger charge is -2.41. The van der Waals surface area contributed by atoms with Gasteiger partial charge in [-0.15, -0.1) is 0 Å². The molecule has 1 fully saturated rings. The van der Waals surface area contributed by atoms with Crippen molar-refractivity contribution in [2.45, 2.75) is 70.8 Å². The van der Waals surface area contributed by atoms with Crippen LogP contribution in [0.3, 0.4) is 0 Å². The molecule has 0 aromatic rings. The van der Waals surface area contributed by atoms with E-state index in [1.165, 1.54) is 18.7 Å². The molecule has 1 aliphatic rings. The second-order valence-corrected chi connectivity index (χ2v) is 7.85. The Bertz CT molecular complexity index is 225. The van der Waals surface area contributed by atoms with Crippen LogP contribution in [0.2, 0.25) is 0 Å². The zero-order chi connectivity index (χ0) is 13.1. The van der Waals surface area contributed by atoms with Crippen molar-refractivity contribution in [1.82, 2.24) is 10.2 Å². The maximum atomic E-state index is 3.59. The van der Waals surface area contributed by atoms with Gasteiger partial charge in [0.1, 0.15) is 0 Å². The molecule has 17 heavy (non-hydrogen) atoms. The minimum absolute atomic E-state index is 0.246. The fourth-order valence-electron chi connectivity index (χ4n) is 2.40. The summed E-state index contributed by atoms with van der Waals surface area (Å²) in [5, 5.41) is 4.37. The van der Waals surface area contributed by atoms with Gasteiger partial charge in [-0.2, -0.15) is 11.8 Å². The van der Waals surface area contributed by atoms with Crippen molar-refractivity contribution in [2.24, 2.45) is 0 Å². The van der Waals surface area contributed by atoms with Crippen molar-refractivity contribution in [2.75, 3.05) is 18.8 Å². The molecule has 3 heteroatoms. The van der Waals surface area contributed by atoms with E-state index < -0.39 is 0 Å². The van der Waals surface area contributed by atoms with Crippen molar-refractivity contribution in [3.8, 4) is 0 Å². The van der Waals surface area contributed by atoms with Gasteiger partial charge in [-0.3, -0.25) is 4.90 Å². The van der Waals surface area contributed by atoms with Gasteiger partial charge in [0.25, 0.3) is 0 Å². The number of rotatable bonds is 4. The predicted molar refractivity (Wildman–Crippen MR) is 79.9 cm³/mol. The number of hydrogen-bond acceptors (Lipinski definition) is 3. The normalized spacial score (nSPS) is 29.3. The molecular formula is C14H30N2S. The highest BCUT2D eigenvalue weighted by molar-refractivity contribution is 8.00. The second kappa shape index (κ2) is 6.44. The first kappa shape index (κ1) is 15.3. The van der Waals surface area contributed by atoms with Gasteiger partial charge in [0, 0.05) is 35.2 Å². The zero-order valence-corrected chi connectivity index (χ0v) is 13.2. The van der Waals surface area contributed by atoms with Gasteiger partial charge >= 0.3 is 0 Å². The van der Waals surface area contributed by atoms with E-state index in [0.29, 0.717) is 6.04 Å². The first-order valence-electron chi connectivity index (χ1n) is 6.93. The number of nitrogens with one attached hydrogen (secondary N) is 1. The SMILES string of the molecule is CC1SCCN(C(C)CCNC(C)(C)C)C1C. The molecule has 1 rings (SSSR count). The van der Waals surface area contributed by atoms with Gasteiger partial charge in [-0.25, -0.2) is 0 Å². The van der Waals surface area contributed by atoms with Crippen molar-refractivity contribution in [1.29, 1.82) is 0 Å². The number of nitrogens with zero attached hydrogens (tertiary/aromatic N) is 1. The van der Waals surface area contributed by atoms with Gasteiger partial charge in [-0.05, 0) is 47.6 Å². The maximum absolute atomic E-state index is 3.59. The highest BCUT2D eigenvalue weighted by Crippen LogP contribution is 2.26. The van der Waals surface area contributed by atoms with E-state index in [1.807, 2.05) is 0 Å². The van der Waals surface area contributed by atoms with E-state index in [4.69, 9.17) is 0 Å².